The fraction of sp³-hybridized carbons (Fsp3) is 0.0769. The summed E-state index contributed by atoms with van der Waals surface area (Å²) >= 11 is 5.86. The second kappa shape index (κ2) is 5.33. The average molecular weight is 245 g/mol. The molecule has 0 bridgehead atoms. The molecule has 84 valence electrons. The molecule has 1 aromatic carbocycles. The van der Waals surface area contributed by atoms with Gasteiger partial charge in [-0.1, -0.05) is 23.7 Å². The van der Waals surface area contributed by atoms with Crippen molar-refractivity contribution in [3.05, 3.63) is 58.9 Å². The van der Waals surface area contributed by atoms with E-state index in [0.717, 1.165) is 5.56 Å². The third kappa shape index (κ3) is 3.20. The summed E-state index contributed by atoms with van der Waals surface area (Å²) in [7, 11) is 0. The Labute approximate surface area is 104 Å². The predicted octanol–water partition coefficient (Wildman–Crippen LogP) is 3.19. The van der Waals surface area contributed by atoms with E-state index in [0.29, 0.717) is 23.1 Å². The van der Waals surface area contributed by atoms with Crippen LogP contribution < -0.4 is 4.74 Å². The fourth-order valence-electron chi connectivity index (χ4n) is 1.33. The minimum Gasteiger partial charge on any atom is -0.487 e. The fourth-order valence-corrected chi connectivity index (χ4v) is 1.54. The summed E-state index contributed by atoms with van der Waals surface area (Å²) in [6, 6.07) is 12.8. The Balaban J connectivity index is 2.00. The Morgan fingerprint density at radius 1 is 1.29 bits per heavy atom. The number of hydrogen-bond donors (Lipinski definition) is 0. The van der Waals surface area contributed by atoms with Gasteiger partial charge >= 0.3 is 0 Å². The summed E-state index contributed by atoms with van der Waals surface area (Å²) in [5.41, 5.74) is 1.36. The maximum atomic E-state index is 8.60. The van der Waals surface area contributed by atoms with E-state index in [9.17, 15) is 0 Å². The van der Waals surface area contributed by atoms with Crippen LogP contribution in [0, 0.1) is 11.3 Å². The largest absolute Gasteiger partial charge is 0.487 e. The summed E-state index contributed by atoms with van der Waals surface area (Å²) in [6.45, 7) is 0.425. The van der Waals surface area contributed by atoms with Gasteiger partial charge < -0.3 is 4.74 Å². The molecular formula is C13H9ClN2O. The van der Waals surface area contributed by atoms with Crippen LogP contribution in [-0.4, -0.2) is 4.98 Å². The van der Waals surface area contributed by atoms with Crippen LogP contribution in [0.25, 0.3) is 0 Å². The zero-order valence-corrected chi connectivity index (χ0v) is 9.69. The molecule has 3 nitrogen and oxygen atoms in total. The van der Waals surface area contributed by atoms with E-state index in [2.05, 4.69) is 4.98 Å². The zero-order valence-electron chi connectivity index (χ0n) is 8.93. The standard InChI is InChI=1S/C13H9ClN2O/c14-11-3-1-2-10(6-11)9-17-13-5-4-12(7-15)16-8-13/h1-6,8H,9H2. The molecular weight excluding hydrogens is 236 g/mol. The first-order chi connectivity index (χ1) is 8.28. The Hall–Kier alpha value is -2.05. The topological polar surface area (TPSA) is 45.9 Å². The van der Waals surface area contributed by atoms with Crippen molar-refractivity contribution in [1.29, 1.82) is 5.26 Å². The first-order valence-electron chi connectivity index (χ1n) is 5.01. The minimum atomic E-state index is 0.375. The molecule has 4 heteroatoms. The lowest BCUT2D eigenvalue weighted by atomic mass is 10.2. The SMILES string of the molecule is N#Cc1ccc(OCc2cccc(Cl)c2)cn1. The Kier molecular flexibility index (Phi) is 3.59. The van der Waals surface area contributed by atoms with Crippen molar-refractivity contribution in [3.8, 4) is 11.8 Å². The maximum Gasteiger partial charge on any atom is 0.140 e. The second-order valence-corrected chi connectivity index (χ2v) is 3.85. The normalized spacial score (nSPS) is 9.65. The van der Waals surface area contributed by atoms with Crippen molar-refractivity contribution in [2.45, 2.75) is 6.61 Å². The van der Waals surface area contributed by atoms with Gasteiger partial charge in [-0.2, -0.15) is 5.26 Å². The Morgan fingerprint density at radius 3 is 2.82 bits per heavy atom. The molecule has 17 heavy (non-hydrogen) atoms. The van der Waals surface area contributed by atoms with Gasteiger partial charge in [0.2, 0.25) is 0 Å². The van der Waals surface area contributed by atoms with Gasteiger partial charge in [-0.05, 0) is 29.8 Å². The number of halogens is 1. The van der Waals surface area contributed by atoms with Gasteiger partial charge in [-0.25, -0.2) is 4.98 Å². The van der Waals surface area contributed by atoms with Crippen LogP contribution in [0.3, 0.4) is 0 Å². The third-order valence-corrected chi connectivity index (χ3v) is 2.38. The lowest BCUT2D eigenvalue weighted by molar-refractivity contribution is 0.305. The molecule has 1 aromatic heterocycles. The monoisotopic (exact) mass is 244 g/mol. The molecule has 0 amide bonds. The minimum absolute atomic E-state index is 0.375. The molecule has 0 aliphatic heterocycles. The van der Waals surface area contributed by atoms with E-state index in [1.54, 1.807) is 12.1 Å². The van der Waals surface area contributed by atoms with E-state index in [4.69, 9.17) is 21.6 Å². The van der Waals surface area contributed by atoms with Crippen LogP contribution in [-0.2, 0) is 6.61 Å². The molecule has 1 heterocycles. The Morgan fingerprint density at radius 2 is 2.18 bits per heavy atom. The summed E-state index contributed by atoms with van der Waals surface area (Å²) in [5, 5.41) is 9.28. The van der Waals surface area contributed by atoms with Gasteiger partial charge in [0.15, 0.2) is 0 Å². The molecule has 0 aliphatic rings. The molecule has 0 N–H and O–H groups in total. The lowest BCUT2D eigenvalue weighted by Gasteiger charge is -2.05. The van der Waals surface area contributed by atoms with Crippen molar-refractivity contribution in [3.63, 3.8) is 0 Å². The van der Waals surface area contributed by atoms with Gasteiger partial charge in [0.05, 0.1) is 6.20 Å². The summed E-state index contributed by atoms with van der Waals surface area (Å²) in [6.07, 6.45) is 1.53. The first kappa shape index (κ1) is 11.4. The predicted molar refractivity (Wildman–Crippen MR) is 64.7 cm³/mol. The van der Waals surface area contributed by atoms with Crippen LogP contribution >= 0.6 is 11.6 Å². The van der Waals surface area contributed by atoms with Crippen molar-refractivity contribution >= 4 is 11.6 Å². The molecule has 0 aliphatic carbocycles. The van der Waals surface area contributed by atoms with Crippen LogP contribution in [0.4, 0.5) is 0 Å². The van der Waals surface area contributed by atoms with Gasteiger partial charge in [-0.3, -0.25) is 0 Å². The smallest absolute Gasteiger partial charge is 0.140 e. The molecule has 0 unspecified atom stereocenters. The molecule has 2 aromatic rings. The number of pyridine rings is 1. The molecule has 0 saturated carbocycles. The lowest BCUT2D eigenvalue weighted by Crippen LogP contribution is -1.96. The number of hydrogen-bond acceptors (Lipinski definition) is 3. The first-order valence-corrected chi connectivity index (χ1v) is 5.39. The quantitative estimate of drug-likeness (QED) is 0.833. The highest BCUT2D eigenvalue weighted by molar-refractivity contribution is 6.30. The summed E-state index contributed by atoms with van der Waals surface area (Å²) in [4.78, 5) is 3.91. The zero-order chi connectivity index (χ0) is 12.1. The summed E-state index contributed by atoms with van der Waals surface area (Å²) in [5.74, 6) is 0.629. The van der Waals surface area contributed by atoms with Crippen molar-refractivity contribution < 1.29 is 4.74 Å². The van der Waals surface area contributed by atoms with E-state index in [1.165, 1.54) is 6.20 Å². The molecule has 0 atom stereocenters. The number of ether oxygens (including phenoxy) is 1. The van der Waals surface area contributed by atoms with Gasteiger partial charge in [0, 0.05) is 5.02 Å². The molecule has 0 spiro atoms. The van der Waals surface area contributed by atoms with Gasteiger partial charge in [0.1, 0.15) is 24.1 Å². The molecule has 2 rings (SSSR count). The summed E-state index contributed by atoms with van der Waals surface area (Å²) < 4.78 is 5.52. The van der Waals surface area contributed by atoms with Gasteiger partial charge in [-0.15, -0.1) is 0 Å². The number of nitriles is 1. The highest BCUT2D eigenvalue weighted by Gasteiger charge is 1.98. The average Bonchev–Trinajstić information content (AvgIpc) is 2.37. The second-order valence-electron chi connectivity index (χ2n) is 3.41. The molecule has 0 radical (unpaired) electrons. The number of aromatic nitrogens is 1. The number of rotatable bonds is 3. The highest BCUT2D eigenvalue weighted by atomic mass is 35.5. The maximum absolute atomic E-state index is 8.60. The molecule has 0 saturated heterocycles. The van der Waals surface area contributed by atoms with Crippen LogP contribution in [0.5, 0.6) is 5.75 Å². The van der Waals surface area contributed by atoms with Gasteiger partial charge in [0.25, 0.3) is 0 Å². The van der Waals surface area contributed by atoms with E-state index in [-0.39, 0.29) is 0 Å². The van der Waals surface area contributed by atoms with Crippen molar-refractivity contribution in [2.75, 3.05) is 0 Å². The van der Waals surface area contributed by atoms with Crippen molar-refractivity contribution in [2.24, 2.45) is 0 Å². The highest BCUT2D eigenvalue weighted by Crippen LogP contribution is 2.14. The van der Waals surface area contributed by atoms with Crippen molar-refractivity contribution in [1.82, 2.24) is 4.98 Å². The number of nitrogens with zero attached hydrogens (tertiary/aromatic N) is 2. The van der Waals surface area contributed by atoms with E-state index >= 15 is 0 Å². The molecule has 0 fully saturated rings. The van der Waals surface area contributed by atoms with Crippen LogP contribution in [0.2, 0.25) is 5.02 Å². The van der Waals surface area contributed by atoms with Crippen LogP contribution in [0.15, 0.2) is 42.6 Å². The number of benzene rings is 1. The van der Waals surface area contributed by atoms with E-state index < -0.39 is 0 Å². The Bertz CT molecular complexity index is 546. The van der Waals surface area contributed by atoms with Crippen LogP contribution in [0.1, 0.15) is 11.3 Å². The van der Waals surface area contributed by atoms with E-state index in [1.807, 2.05) is 30.3 Å². The third-order valence-electron chi connectivity index (χ3n) is 2.15.